The fourth-order valence-electron chi connectivity index (χ4n) is 8.88. The Morgan fingerprint density at radius 3 is 1.00 bits per heavy atom. The molecule has 3 aromatic heterocycles. The van der Waals surface area contributed by atoms with Crippen LogP contribution in [0.4, 0.5) is 0 Å². The molecule has 0 saturated carbocycles. The van der Waals surface area contributed by atoms with E-state index < -0.39 is 0 Å². The summed E-state index contributed by atoms with van der Waals surface area (Å²) in [6.07, 6.45) is 0. The summed E-state index contributed by atoms with van der Waals surface area (Å²) in [6, 6.07) is 64.7. The molecule has 0 aliphatic rings. The Hall–Kier alpha value is -10.2. The van der Waals surface area contributed by atoms with E-state index in [0.717, 1.165) is 66.1 Å². The van der Waals surface area contributed by atoms with Gasteiger partial charge >= 0.3 is 0 Å². The molecule has 0 bridgehead atoms. The third-order valence-corrected chi connectivity index (χ3v) is 11.9. The van der Waals surface area contributed by atoms with Crippen molar-refractivity contribution in [2.75, 3.05) is 0 Å². The summed E-state index contributed by atoms with van der Waals surface area (Å²) in [5, 5.41) is 53.7. The minimum absolute atomic E-state index is 0.418. The van der Waals surface area contributed by atoms with Crippen molar-refractivity contribution in [3.8, 4) is 87.0 Å². The standard InChI is InChI=1S/C56H28N10/c57-29-34-11-17-48-42(23-34)43-24-35(30-58)12-18-49(43)65(48)52-21-15-38(33-61)27-46(52)47-28-41(56-63-54(39-7-3-1-4-8-39)62-55(64-56)40-9-5-2-6-10-40)16-22-53(47)66-50-19-13-36(31-59)25-44(50)45-26-37(32-60)14-20-51(45)66/h1-28H. The average Bonchev–Trinajstić information content (AvgIpc) is 3.89. The first-order valence-electron chi connectivity index (χ1n) is 20.8. The molecule has 8 aromatic carbocycles. The number of rotatable bonds is 6. The van der Waals surface area contributed by atoms with E-state index in [1.54, 1.807) is 30.3 Å². The summed E-state index contributed by atoms with van der Waals surface area (Å²) in [5.74, 6) is 1.43. The molecule has 0 radical (unpaired) electrons. The van der Waals surface area contributed by atoms with Gasteiger partial charge in [-0.05, 0) is 109 Å². The third kappa shape index (κ3) is 6.35. The predicted molar refractivity (Wildman–Crippen MR) is 254 cm³/mol. The van der Waals surface area contributed by atoms with E-state index in [9.17, 15) is 26.3 Å². The molecule has 3 heterocycles. The van der Waals surface area contributed by atoms with Crippen LogP contribution in [-0.4, -0.2) is 24.1 Å². The first kappa shape index (κ1) is 38.7. The Labute approximate surface area is 377 Å². The highest BCUT2D eigenvalue weighted by atomic mass is 15.0. The lowest BCUT2D eigenvalue weighted by atomic mass is 9.96. The molecule has 10 nitrogen and oxygen atoms in total. The van der Waals surface area contributed by atoms with Gasteiger partial charge in [0.25, 0.3) is 0 Å². The molecule has 0 amide bonds. The molecule has 66 heavy (non-hydrogen) atoms. The van der Waals surface area contributed by atoms with Crippen molar-refractivity contribution < 1.29 is 0 Å². The molecule has 0 fully saturated rings. The molecule has 0 unspecified atom stereocenters. The quantitative estimate of drug-likeness (QED) is 0.159. The topological polar surface area (TPSA) is 167 Å². The molecule has 11 aromatic rings. The van der Waals surface area contributed by atoms with Gasteiger partial charge < -0.3 is 9.13 Å². The molecule has 0 saturated heterocycles. The van der Waals surface area contributed by atoms with Gasteiger partial charge in [-0.2, -0.15) is 26.3 Å². The second-order valence-electron chi connectivity index (χ2n) is 15.7. The van der Waals surface area contributed by atoms with Crippen LogP contribution in [0.5, 0.6) is 0 Å². The first-order chi connectivity index (χ1) is 32.5. The van der Waals surface area contributed by atoms with E-state index in [1.165, 1.54) is 0 Å². The lowest BCUT2D eigenvalue weighted by Gasteiger charge is -2.20. The Morgan fingerprint density at radius 2 is 0.621 bits per heavy atom. The highest BCUT2D eigenvalue weighted by Crippen LogP contribution is 2.43. The smallest absolute Gasteiger partial charge is 0.164 e. The number of hydrogen-bond donors (Lipinski definition) is 0. The van der Waals surface area contributed by atoms with Crippen molar-refractivity contribution in [1.82, 2.24) is 24.1 Å². The average molecular weight is 841 g/mol. The van der Waals surface area contributed by atoms with Crippen LogP contribution in [0.15, 0.2) is 170 Å². The number of nitrogens with zero attached hydrogens (tertiary/aromatic N) is 10. The maximum absolute atomic E-state index is 10.5. The van der Waals surface area contributed by atoms with Gasteiger partial charge in [0.2, 0.25) is 0 Å². The summed E-state index contributed by atoms with van der Waals surface area (Å²) in [6.45, 7) is 0. The van der Waals surface area contributed by atoms with E-state index in [4.69, 9.17) is 15.0 Å². The van der Waals surface area contributed by atoms with Gasteiger partial charge in [0, 0.05) is 49.4 Å². The van der Waals surface area contributed by atoms with Crippen LogP contribution >= 0.6 is 0 Å². The fraction of sp³-hybridized carbons (Fsp3) is 0. The molecule has 0 spiro atoms. The van der Waals surface area contributed by atoms with E-state index in [2.05, 4.69) is 39.5 Å². The molecule has 0 N–H and O–H groups in total. The molecule has 302 valence electrons. The Morgan fingerprint density at radius 1 is 0.303 bits per heavy atom. The molecule has 10 heteroatoms. The molecule has 11 rings (SSSR count). The van der Waals surface area contributed by atoms with Gasteiger partial charge in [0.1, 0.15) is 0 Å². The van der Waals surface area contributed by atoms with Crippen LogP contribution in [0.2, 0.25) is 0 Å². The van der Waals surface area contributed by atoms with Gasteiger partial charge in [-0.15, -0.1) is 0 Å². The zero-order valence-electron chi connectivity index (χ0n) is 34.6. The SMILES string of the molecule is N#Cc1ccc(-n2c3ccc(C#N)cc3c3cc(C#N)ccc32)c(-c2cc(-c3nc(-c4ccccc4)nc(-c4ccccc4)n3)ccc2-n2c3ccc(C#N)cc3c3cc(C#N)ccc32)c1. The number of aromatic nitrogens is 5. The Bertz CT molecular complexity index is 3850. The van der Waals surface area contributed by atoms with Crippen molar-refractivity contribution in [3.05, 3.63) is 198 Å². The number of benzene rings is 8. The van der Waals surface area contributed by atoms with Gasteiger partial charge in [0.15, 0.2) is 17.5 Å². The molecular weight excluding hydrogens is 813 g/mol. The van der Waals surface area contributed by atoms with Crippen molar-refractivity contribution >= 4 is 43.6 Å². The zero-order chi connectivity index (χ0) is 44.9. The van der Waals surface area contributed by atoms with Gasteiger partial charge in [0.05, 0.1) is 91.6 Å². The van der Waals surface area contributed by atoms with E-state index in [1.807, 2.05) is 140 Å². The minimum atomic E-state index is 0.418. The number of hydrogen-bond acceptors (Lipinski definition) is 8. The summed E-state index contributed by atoms with van der Waals surface area (Å²) < 4.78 is 4.23. The van der Waals surface area contributed by atoms with Crippen LogP contribution in [-0.2, 0) is 0 Å². The first-order valence-corrected chi connectivity index (χ1v) is 20.8. The van der Waals surface area contributed by atoms with E-state index >= 15 is 0 Å². The fourth-order valence-corrected chi connectivity index (χ4v) is 8.88. The van der Waals surface area contributed by atoms with Crippen molar-refractivity contribution in [2.45, 2.75) is 0 Å². The lowest BCUT2D eigenvalue weighted by molar-refractivity contribution is 1.07. The van der Waals surface area contributed by atoms with Gasteiger partial charge in [-0.3, -0.25) is 0 Å². The van der Waals surface area contributed by atoms with Gasteiger partial charge in [-0.25, -0.2) is 15.0 Å². The maximum Gasteiger partial charge on any atom is 0.164 e. The van der Waals surface area contributed by atoms with Crippen molar-refractivity contribution in [2.24, 2.45) is 0 Å². The highest BCUT2D eigenvalue weighted by Gasteiger charge is 2.24. The monoisotopic (exact) mass is 840 g/mol. The number of nitriles is 5. The minimum Gasteiger partial charge on any atom is -0.309 e. The van der Waals surface area contributed by atoms with Crippen molar-refractivity contribution in [3.63, 3.8) is 0 Å². The molecule has 0 aliphatic heterocycles. The van der Waals surface area contributed by atoms with Crippen LogP contribution in [0, 0.1) is 56.7 Å². The normalized spacial score (nSPS) is 11.0. The summed E-state index contributed by atoms with van der Waals surface area (Å²) >= 11 is 0. The maximum atomic E-state index is 10.5. The van der Waals surface area contributed by atoms with Gasteiger partial charge in [-0.1, -0.05) is 60.7 Å². The van der Waals surface area contributed by atoms with Crippen LogP contribution in [0.3, 0.4) is 0 Å². The molecular formula is C56H28N10. The summed E-state index contributed by atoms with van der Waals surface area (Å²) in [5.41, 5.74) is 10.7. The van der Waals surface area contributed by atoms with E-state index in [0.29, 0.717) is 62.0 Å². The van der Waals surface area contributed by atoms with Crippen LogP contribution in [0.25, 0.3) is 100 Å². The third-order valence-electron chi connectivity index (χ3n) is 11.9. The van der Waals surface area contributed by atoms with E-state index in [-0.39, 0.29) is 0 Å². The zero-order valence-corrected chi connectivity index (χ0v) is 34.6. The Balaban J connectivity index is 1.27. The number of fused-ring (bicyclic) bond motifs is 6. The summed E-state index contributed by atoms with van der Waals surface area (Å²) in [4.78, 5) is 15.1. The predicted octanol–water partition coefficient (Wildman–Crippen LogP) is 12.1. The van der Waals surface area contributed by atoms with Crippen LogP contribution < -0.4 is 0 Å². The second kappa shape index (κ2) is 15.6. The molecule has 0 aliphatic carbocycles. The van der Waals surface area contributed by atoms with Crippen LogP contribution in [0.1, 0.15) is 27.8 Å². The summed E-state index contributed by atoms with van der Waals surface area (Å²) in [7, 11) is 0. The Kier molecular flexibility index (Phi) is 9.17. The second-order valence-corrected chi connectivity index (χ2v) is 15.7. The van der Waals surface area contributed by atoms with Crippen molar-refractivity contribution in [1.29, 1.82) is 26.3 Å². The lowest BCUT2D eigenvalue weighted by Crippen LogP contribution is -2.04. The molecule has 0 atom stereocenters. The largest absolute Gasteiger partial charge is 0.309 e. The highest BCUT2D eigenvalue weighted by molar-refractivity contribution is 6.12.